The van der Waals surface area contributed by atoms with Gasteiger partial charge in [-0.1, -0.05) is 35.9 Å². The smallest absolute Gasteiger partial charge is 0.275 e. The maximum atomic E-state index is 12.6. The van der Waals surface area contributed by atoms with Crippen LogP contribution in [0.1, 0.15) is 32.0 Å². The van der Waals surface area contributed by atoms with E-state index in [0.717, 1.165) is 15.8 Å². The quantitative estimate of drug-likeness (QED) is 0.669. The number of hydrogen-bond donors (Lipinski definition) is 0. The summed E-state index contributed by atoms with van der Waals surface area (Å²) in [6, 6.07) is 11.7. The summed E-state index contributed by atoms with van der Waals surface area (Å²) in [5.41, 5.74) is 1.31. The van der Waals surface area contributed by atoms with Crippen LogP contribution < -0.4 is 10.7 Å². The van der Waals surface area contributed by atoms with Crippen molar-refractivity contribution < 1.29 is 14.7 Å². The van der Waals surface area contributed by atoms with E-state index >= 15 is 0 Å². The molecule has 0 saturated heterocycles. The topological polar surface area (TPSA) is 92.1 Å². The molecule has 1 heterocycles. The van der Waals surface area contributed by atoms with Crippen LogP contribution in [0.3, 0.4) is 0 Å². The number of rotatable bonds is 4. The molecule has 0 saturated carbocycles. The summed E-state index contributed by atoms with van der Waals surface area (Å²) >= 11 is 0. The standard InChI is InChI=1S/C19H16N2O4/c1-11-7-8-12(2)15(9-11)16(22)10-21-18(23)14-6-4-3-5-13(14)17(20-21)19(24)25/h3-9H,10H2,1-2H3,(H,24,25)/p-1. The maximum Gasteiger partial charge on any atom is 0.275 e. The lowest BCUT2D eigenvalue weighted by molar-refractivity contribution is -0.255. The van der Waals surface area contributed by atoms with E-state index in [4.69, 9.17) is 0 Å². The zero-order valence-electron chi connectivity index (χ0n) is 13.8. The van der Waals surface area contributed by atoms with Crippen molar-refractivity contribution in [2.24, 2.45) is 0 Å². The van der Waals surface area contributed by atoms with Crippen LogP contribution in [-0.4, -0.2) is 21.5 Å². The molecule has 0 unspecified atom stereocenters. The molecule has 0 N–H and O–H groups in total. The molecule has 0 aliphatic heterocycles. The SMILES string of the molecule is Cc1ccc(C)c(C(=O)Cn2nc(C(=O)[O-])c3ccccc3c2=O)c1. The summed E-state index contributed by atoms with van der Waals surface area (Å²) < 4.78 is 0.886. The number of carbonyl (C=O) groups is 2. The van der Waals surface area contributed by atoms with E-state index in [1.54, 1.807) is 25.1 Å². The Kier molecular flexibility index (Phi) is 4.19. The third-order valence-electron chi connectivity index (χ3n) is 4.05. The zero-order valence-corrected chi connectivity index (χ0v) is 13.8. The van der Waals surface area contributed by atoms with Gasteiger partial charge < -0.3 is 9.90 Å². The first-order valence-electron chi connectivity index (χ1n) is 7.70. The van der Waals surface area contributed by atoms with Gasteiger partial charge in [0.15, 0.2) is 5.78 Å². The number of fused-ring (bicyclic) bond motifs is 1. The van der Waals surface area contributed by atoms with Gasteiger partial charge in [-0.05, 0) is 31.5 Å². The fraction of sp³-hybridized carbons (Fsp3) is 0.158. The molecule has 0 atom stereocenters. The van der Waals surface area contributed by atoms with Crippen LogP contribution in [0, 0.1) is 13.8 Å². The first-order valence-corrected chi connectivity index (χ1v) is 7.70. The van der Waals surface area contributed by atoms with Crippen molar-refractivity contribution in [2.45, 2.75) is 20.4 Å². The summed E-state index contributed by atoms with van der Waals surface area (Å²) in [6.07, 6.45) is 0. The molecule has 0 spiro atoms. The number of aryl methyl sites for hydroxylation is 2. The molecule has 0 fully saturated rings. The Bertz CT molecular complexity index is 1070. The fourth-order valence-corrected chi connectivity index (χ4v) is 2.75. The fourth-order valence-electron chi connectivity index (χ4n) is 2.75. The molecule has 0 radical (unpaired) electrons. The lowest BCUT2D eigenvalue weighted by Gasteiger charge is -2.12. The maximum absolute atomic E-state index is 12.6. The third kappa shape index (κ3) is 3.06. The van der Waals surface area contributed by atoms with Gasteiger partial charge in [0.05, 0.1) is 11.4 Å². The second kappa shape index (κ2) is 6.32. The largest absolute Gasteiger partial charge is 0.543 e. The summed E-state index contributed by atoms with van der Waals surface area (Å²) in [7, 11) is 0. The van der Waals surface area contributed by atoms with Crippen LogP contribution in [0.15, 0.2) is 47.3 Å². The molecule has 3 aromatic rings. The number of carboxylic acids is 1. The molecule has 126 valence electrons. The lowest BCUT2D eigenvalue weighted by atomic mass is 10.0. The molecule has 3 rings (SSSR count). The molecule has 0 aliphatic carbocycles. The van der Waals surface area contributed by atoms with Crippen molar-refractivity contribution in [1.29, 1.82) is 0 Å². The molecule has 6 nitrogen and oxygen atoms in total. The minimum absolute atomic E-state index is 0.186. The predicted molar refractivity (Wildman–Crippen MR) is 90.6 cm³/mol. The van der Waals surface area contributed by atoms with Crippen LogP contribution in [-0.2, 0) is 6.54 Å². The lowest BCUT2D eigenvalue weighted by Crippen LogP contribution is -2.32. The number of carbonyl (C=O) groups excluding carboxylic acids is 2. The molecule has 2 aromatic carbocycles. The minimum Gasteiger partial charge on any atom is -0.543 e. The molecular weight excluding hydrogens is 320 g/mol. The van der Waals surface area contributed by atoms with Crippen molar-refractivity contribution in [3.8, 4) is 0 Å². The Labute approximate surface area is 143 Å². The average molecular weight is 335 g/mol. The highest BCUT2D eigenvalue weighted by molar-refractivity contribution is 6.01. The number of ketones is 1. The molecule has 0 bridgehead atoms. The van der Waals surface area contributed by atoms with E-state index < -0.39 is 11.5 Å². The molecule has 0 amide bonds. The Morgan fingerprint density at radius 2 is 1.76 bits per heavy atom. The number of benzene rings is 2. The van der Waals surface area contributed by atoms with Gasteiger partial charge in [0.1, 0.15) is 12.2 Å². The second-order valence-electron chi connectivity index (χ2n) is 5.89. The number of nitrogens with zero attached hydrogens (tertiary/aromatic N) is 2. The highest BCUT2D eigenvalue weighted by Gasteiger charge is 2.15. The second-order valence-corrected chi connectivity index (χ2v) is 5.89. The van der Waals surface area contributed by atoms with E-state index in [-0.39, 0.29) is 28.8 Å². The van der Waals surface area contributed by atoms with Crippen LogP contribution in [0.2, 0.25) is 0 Å². The van der Waals surface area contributed by atoms with Crippen molar-refractivity contribution >= 4 is 22.5 Å². The van der Waals surface area contributed by atoms with Crippen molar-refractivity contribution in [2.75, 3.05) is 0 Å². The van der Waals surface area contributed by atoms with Crippen LogP contribution in [0.4, 0.5) is 0 Å². The van der Waals surface area contributed by atoms with Gasteiger partial charge in [-0.25, -0.2) is 4.68 Å². The van der Waals surface area contributed by atoms with Gasteiger partial charge in [0.2, 0.25) is 0 Å². The number of aromatic nitrogens is 2. The molecule has 25 heavy (non-hydrogen) atoms. The minimum atomic E-state index is -1.50. The first kappa shape index (κ1) is 16.6. The molecule has 1 aromatic heterocycles. The van der Waals surface area contributed by atoms with Gasteiger partial charge in [0, 0.05) is 10.9 Å². The number of aromatic carboxylic acids is 1. The van der Waals surface area contributed by atoms with E-state index in [2.05, 4.69) is 5.10 Å². The summed E-state index contributed by atoms with van der Waals surface area (Å²) in [5, 5.41) is 15.6. The zero-order chi connectivity index (χ0) is 18.1. The van der Waals surface area contributed by atoms with Crippen molar-refractivity contribution in [1.82, 2.24) is 9.78 Å². The van der Waals surface area contributed by atoms with Gasteiger partial charge in [-0.15, -0.1) is 0 Å². The number of hydrogen-bond acceptors (Lipinski definition) is 5. The third-order valence-corrected chi connectivity index (χ3v) is 4.05. The van der Waals surface area contributed by atoms with E-state index in [9.17, 15) is 19.5 Å². The number of carboxylic acid groups (broad SMARTS) is 1. The highest BCUT2D eigenvalue weighted by Crippen LogP contribution is 2.14. The summed E-state index contributed by atoms with van der Waals surface area (Å²) in [5.74, 6) is -1.81. The first-order chi connectivity index (χ1) is 11.9. The summed E-state index contributed by atoms with van der Waals surface area (Å²) in [4.78, 5) is 36.5. The van der Waals surface area contributed by atoms with Crippen LogP contribution in [0.5, 0.6) is 0 Å². The monoisotopic (exact) mass is 335 g/mol. The Hall–Kier alpha value is -3.28. The van der Waals surface area contributed by atoms with E-state index in [0.29, 0.717) is 5.56 Å². The Morgan fingerprint density at radius 1 is 1.08 bits per heavy atom. The highest BCUT2D eigenvalue weighted by atomic mass is 16.4. The number of Topliss-reactive ketones (excluding diaryl/α,β-unsaturated/α-hetero) is 1. The van der Waals surface area contributed by atoms with Gasteiger partial charge in [-0.3, -0.25) is 9.59 Å². The van der Waals surface area contributed by atoms with E-state index in [1.807, 2.05) is 19.1 Å². The van der Waals surface area contributed by atoms with Gasteiger partial charge in [-0.2, -0.15) is 5.10 Å². The predicted octanol–water partition coefficient (Wildman–Crippen LogP) is 1.26. The molecule has 0 aliphatic rings. The van der Waals surface area contributed by atoms with Crippen molar-refractivity contribution in [3.05, 3.63) is 75.2 Å². The van der Waals surface area contributed by atoms with Gasteiger partial charge >= 0.3 is 0 Å². The van der Waals surface area contributed by atoms with Crippen molar-refractivity contribution in [3.63, 3.8) is 0 Å². The average Bonchev–Trinajstić information content (AvgIpc) is 2.59. The Balaban J connectivity index is 2.12. The normalized spacial score (nSPS) is 10.8. The van der Waals surface area contributed by atoms with Crippen LogP contribution >= 0.6 is 0 Å². The van der Waals surface area contributed by atoms with E-state index in [1.165, 1.54) is 12.1 Å². The molecule has 6 heteroatoms. The van der Waals surface area contributed by atoms with Gasteiger partial charge in [0.25, 0.3) is 5.56 Å². The molecular formula is C19H15N2O4-. The Morgan fingerprint density at radius 3 is 2.44 bits per heavy atom. The summed E-state index contributed by atoms with van der Waals surface area (Å²) in [6.45, 7) is 3.33. The van der Waals surface area contributed by atoms with Crippen LogP contribution in [0.25, 0.3) is 10.8 Å².